The van der Waals surface area contributed by atoms with E-state index in [1.54, 1.807) is 0 Å². The smallest absolute Gasteiger partial charge is 0.232 e. The Hall–Kier alpha value is -2.16. The Balaban J connectivity index is 2.07. The van der Waals surface area contributed by atoms with E-state index in [0.717, 1.165) is 22.6 Å². The summed E-state index contributed by atoms with van der Waals surface area (Å²) in [7, 11) is 0. The predicted octanol–water partition coefficient (Wildman–Crippen LogP) is 1.24. The molecule has 0 amide bonds. The molecule has 1 heterocycles. The molecular formula is C18H16O3. The summed E-state index contributed by atoms with van der Waals surface area (Å²) in [5, 5.41) is 1.99. The van der Waals surface area contributed by atoms with Crippen LogP contribution in [0.5, 0.6) is 0 Å². The summed E-state index contributed by atoms with van der Waals surface area (Å²) < 4.78 is 5.89. The molecule has 3 aliphatic rings. The van der Waals surface area contributed by atoms with Crippen LogP contribution in [-0.4, -0.2) is 17.7 Å². The van der Waals surface area contributed by atoms with E-state index in [1.165, 1.54) is 5.57 Å². The Labute approximate surface area is 122 Å². The van der Waals surface area contributed by atoms with Crippen molar-refractivity contribution in [1.29, 1.82) is 0 Å². The second-order valence-electron chi connectivity index (χ2n) is 6.13. The van der Waals surface area contributed by atoms with E-state index in [-0.39, 0.29) is 23.6 Å². The average molecular weight is 280 g/mol. The van der Waals surface area contributed by atoms with Gasteiger partial charge in [0, 0.05) is 17.6 Å². The largest absolute Gasteiger partial charge is 0.494 e. The zero-order chi connectivity index (χ0) is 14.7. The summed E-state index contributed by atoms with van der Waals surface area (Å²) in [6.45, 7) is 4.04. The molecule has 0 bridgehead atoms. The molecule has 1 aromatic rings. The van der Waals surface area contributed by atoms with Crippen LogP contribution >= 0.6 is 0 Å². The van der Waals surface area contributed by atoms with Crippen LogP contribution in [0.15, 0.2) is 35.6 Å². The number of fused-ring (bicyclic) bond motifs is 3. The first kappa shape index (κ1) is 12.6. The number of hydrogen-bond acceptors (Lipinski definition) is 3. The third-order valence-electron chi connectivity index (χ3n) is 4.69. The normalized spacial score (nSPS) is 27.3. The minimum atomic E-state index is -0.366. The average Bonchev–Trinajstić information content (AvgIpc) is 2.87. The number of ether oxygens (including phenoxy) is 1. The summed E-state index contributed by atoms with van der Waals surface area (Å²) in [6.07, 6.45) is 1.31. The summed E-state index contributed by atoms with van der Waals surface area (Å²) in [6, 6.07) is 7.85. The van der Waals surface area contributed by atoms with Crippen LogP contribution in [0.2, 0.25) is 0 Å². The number of allylic oxidation sites excluding steroid dienone is 1. The molecule has 106 valence electrons. The number of benzene rings is 1. The molecule has 0 fully saturated rings. The summed E-state index contributed by atoms with van der Waals surface area (Å²) in [5.74, 6) is -0.0349. The van der Waals surface area contributed by atoms with E-state index < -0.39 is 0 Å². The number of carbonyl (C=O) groups excluding carboxylic acids is 2. The SMILES string of the molecule is CC1=c2ccccc2=C2C(=O)C(=O)C3=C(OC(C)C3)C2C1. The van der Waals surface area contributed by atoms with Gasteiger partial charge in [0.1, 0.15) is 5.76 Å². The van der Waals surface area contributed by atoms with Crippen LogP contribution in [-0.2, 0) is 14.3 Å². The van der Waals surface area contributed by atoms with E-state index in [4.69, 9.17) is 4.74 Å². The second kappa shape index (κ2) is 4.17. The van der Waals surface area contributed by atoms with Gasteiger partial charge in [-0.05, 0) is 30.7 Å². The zero-order valence-electron chi connectivity index (χ0n) is 12.1. The second-order valence-corrected chi connectivity index (χ2v) is 6.13. The number of carbonyl (C=O) groups is 2. The lowest BCUT2D eigenvalue weighted by atomic mass is 9.75. The van der Waals surface area contributed by atoms with Crippen LogP contribution in [0.25, 0.3) is 11.1 Å². The van der Waals surface area contributed by atoms with Crippen LogP contribution in [0.4, 0.5) is 0 Å². The maximum absolute atomic E-state index is 12.6. The van der Waals surface area contributed by atoms with E-state index in [2.05, 4.69) is 6.92 Å². The summed E-state index contributed by atoms with van der Waals surface area (Å²) >= 11 is 0. The van der Waals surface area contributed by atoms with Crippen molar-refractivity contribution < 1.29 is 14.3 Å². The molecule has 4 rings (SSSR count). The van der Waals surface area contributed by atoms with E-state index >= 15 is 0 Å². The van der Waals surface area contributed by atoms with Crippen molar-refractivity contribution in [2.24, 2.45) is 5.92 Å². The molecular weight excluding hydrogens is 264 g/mol. The predicted molar refractivity (Wildman–Crippen MR) is 78.5 cm³/mol. The highest BCUT2D eigenvalue weighted by Crippen LogP contribution is 2.42. The lowest BCUT2D eigenvalue weighted by molar-refractivity contribution is -0.131. The molecule has 2 aliphatic carbocycles. The van der Waals surface area contributed by atoms with Gasteiger partial charge in [-0.1, -0.05) is 29.8 Å². The molecule has 0 saturated heterocycles. The maximum atomic E-state index is 12.6. The Bertz CT molecular complexity index is 841. The fourth-order valence-corrected chi connectivity index (χ4v) is 3.77. The van der Waals surface area contributed by atoms with Crippen molar-refractivity contribution in [1.82, 2.24) is 0 Å². The molecule has 2 unspecified atom stereocenters. The molecule has 0 saturated carbocycles. The van der Waals surface area contributed by atoms with Gasteiger partial charge >= 0.3 is 0 Å². The van der Waals surface area contributed by atoms with Crippen molar-refractivity contribution in [2.75, 3.05) is 0 Å². The highest BCUT2D eigenvalue weighted by molar-refractivity contribution is 6.57. The van der Waals surface area contributed by atoms with Crippen LogP contribution in [0.3, 0.4) is 0 Å². The van der Waals surface area contributed by atoms with Crippen molar-refractivity contribution in [3.63, 3.8) is 0 Å². The Kier molecular flexibility index (Phi) is 2.49. The van der Waals surface area contributed by atoms with Gasteiger partial charge in [-0.15, -0.1) is 0 Å². The van der Waals surface area contributed by atoms with Gasteiger partial charge in [-0.2, -0.15) is 0 Å². The van der Waals surface area contributed by atoms with Gasteiger partial charge in [0.15, 0.2) is 0 Å². The fraction of sp³-hybridized carbons (Fsp3) is 0.333. The Morgan fingerprint density at radius 1 is 1.05 bits per heavy atom. The van der Waals surface area contributed by atoms with Gasteiger partial charge in [-0.3, -0.25) is 9.59 Å². The first-order valence-electron chi connectivity index (χ1n) is 7.35. The van der Waals surface area contributed by atoms with E-state index in [9.17, 15) is 9.59 Å². The molecule has 1 aromatic carbocycles. The molecule has 3 heteroatoms. The monoisotopic (exact) mass is 280 g/mol. The van der Waals surface area contributed by atoms with Crippen molar-refractivity contribution in [3.05, 3.63) is 46.0 Å². The quantitative estimate of drug-likeness (QED) is 0.672. The standard InChI is InChI=1S/C18H16O3/c1-9-7-13-15(12-6-4-3-5-11(9)12)17(20)16(19)14-8-10(2)21-18(13)14/h3-6,10,13H,7-8H2,1-2H3. The zero-order valence-corrected chi connectivity index (χ0v) is 12.1. The Morgan fingerprint density at radius 2 is 1.76 bits per heavy atom. The molecule has 2 atom stereocenters. The lowest BCUT2D eigenvalue weighted by Crippen LogP contribution is -2.42. The van der Waals surface area contributed by atoms with Crippen LogP contribution in [0, 0.1) is 5.92 Å². The minimum Gasteiger partial charge on any atom is -0.494 e. The lowest BCUT2D eigenvalue weighted by Gasteiger charge is -2.28. The van der Waals surface area contributed by atoms with Gasteiger partial charge < -0.3 is 4.74 Å². The number of rotatable bonds is 0. The molecule has 0 N–H and O–H groups in total. The number of hydrogen-bond donors (Lipinski definition) is 0. The summed E-state index contributed by atoms with van der Waals surface area (Å²) in [4.78, 5) is 25.0. The maximum Gasteiger partial charge on any atom is 0.232 e. The van der Waals surface area contributed by atoms with Crippen molar-refractivity contribution >= 4 is 22.7 Å². The fourth-order valence-electron chi connectivity index (χ4n) is 3.77. The molecule has 21 heavy (non-hydrogen) atoms. The van der Waals surface area contributed by atoms with Gasteiger partial charge in [0.2, 0.25) is 11.6 Å². The highest BCUT2D eigenvalue weighted by atomic mass is 16.5. The van der Waals surface area contributed by atoms with E-state index in [0.29, 0.717) is 17.6 Å². The number of ketones is 2. The van der Waals surface area contributed by atoms with Crippen LogP contribution in [0.1, 0.15) is 26.7 Å². The highest BCUT2D eigenvalue weighted by Gasteiger charge is 2.45. The minimum absolute atomic E-state index is 0.0106. The first-order chi connectivity index (χ1) is 10.1. The molecule has 0 radical (unpaired) electrons. The van der Waals surface area contributed by atoms with Gasteiger partial charge in [0.05, 0.1) is 12.0 Å². The van der Waals surface area contributed by atoms with E-state index in [1.807, 2.05) is 31.2 Å². The van der Waals surface area contributed by atoms with Crippen molar-refractivity contribution in [3.8, 4) is 0 Å². The van der Waals surface area contributed by atoms with Gasteiger partial charge in [-0.25, -0.2) is 0 Å². The third-order valence-corrected chi connectivity index (χ3v) is 4.69. The Morgan fingerprint density at radius 3 is 2.52 bits per heavy atom. The first-order valence-corrected chi connectivity index (χ1v) is 7.35. The molecule has 0 spiro atoms. The topological polar surface area (TPSA) is 43.4 Å². The molecule has 1 aliphatic heterocycles. The third kappa shape index (κ3) is 1.60. The molecule has 0 aromatic heterocycles. The molecule has 3 nitrogen and oxygen atoms in total. The van der Waals surface area contributed by atoms with Crippen LogP contribution < -0.4 is 10.4 Å². The van der Waals surface area contributed by atoms with Gasteiger partial charge in [0.25, 0.3) is 0 Å². The van der Waals surface area contributed by atoms with Crippen molar-refractivity contribution in [2.45, 2.75) is 32.8 Å². The summed E-state index contributed by atoms with van der Waals surface area (Å²) in [5.41, 5.74) is 2.49. The number of Topliss-reactive ketones (excluding diaryl/α,β-unsaturated/α-hetero) is 2.